The molecular formula is C10H12O3. The van der Waals surface area contributed by atoms with Crippen LogP contribution in [0.3, 0.4) is 0 Å². The highest BCUT2D eigenvalue weighted by atomic mass is 16.4. The lowest BCUT2D eigenvalue weighted by Crippen LogP contribution is -1.96. The Bertz CT molecular complexity index is 285. The van der Waals surface area contributed by atoms with Crippen LogP contribution in [-0.2, 0) is 4.79 Å². The molecule has 0 spiro atoms. The molecule has 1 aliphatic rings. The second kappa shape index (κ2) is 4.50. The first-order valence-corrected chi connectivity index (χ1v) is 4.14. The van der Waals surface area contributed by atoms with Crippen LogP contribution in [0.5, 0.6) is 0 Å². The molecule has 0 amide bonds. The smallest absolute Gasteiger partial charge is 0.303 e. The van der Waals surface area contributed by atoms with Gasteiger partial charge in [0.1, 0.15) is 0 Å². The highest BCUT2D eigenvalue weighted by molar-refractivity contribution is 5.67. The first kappa shape index (κ1) is 9.58. The molecule has 3 heteroatoms. The molecule has 3 nitrogen and oxygen atoms in total. The van der Waals surface area contributed by atoms with Gasteiger partial charge in [0, 0.05) is 12.8 Å². The minimum absolute atomic E-state index is 0.118. The second-order valence-electron chi connectivity index (χ2n) is 2.94. The van der Waals surface area contributed by atoms with E-state index in [1.54, 1.807) is 18.2 Å². The Morgan fingerprint density at radius 2 is 2.08 bits per heavy atom. The maximum absolute atomic E-state index is 10.3. The number of carboxylic acid groups (broad SMARTS) is 1. The highest BCUT2D eigenvalue weighted by Gasteiger charge is 2.04. The summed E-state index contributed by atoms with van der Waals surface area (Å²) in [5.41, 5.74) is 0.949. The third-order valence-corrected chi connectivity index (χ3v) is 1.80. The summed E-state index contributed by atoms with van der Waals surface area (Å²) < 4.78 is 0. The molecule has 1 rings (SSSR count). The van der Waals surface area contributed by atoms with Gasteiger partial charge in [-0.15, -0.1) is 0 Å². The zero-order valence-corrected chi connectivity index (χ0v) is 7.23. The van der Waals surface area contributed by atoms with Crippen molar-refractivity contribution in [1.29, 1.82) is 0 Å². The minimum Gasteiger partial charge on any atom is -0.512 e. The maximum Gasteiger partial charge on any atom is 0.303 e. The van der Waals surface area contributed by atoms with Gasteiger partial charge in [-0.05, 0) is 12.5 Å². The molecule has 0 bridgehead atoms. The molecule has 0 saturated carbocycles. The van der Waals surface area contributed by atoms with Crippen molar-refractivity contribution in [2.75, 3.05) is 0 Å². The van der Waals surface area contributed by atoms with Crippen LogP contribution in [-0.4, -0.2) is 16.2 Å². The molecule has 0 radical (unpaired) electrons. The van der Waals surface area contributed by atoms with Crippen LogP contribution < -0.4 is 0 Å². The summed E-state index contributed by atoms with van der Waals surface area (Å²) in [6.07, 6.45) is 8.08. The van der Waals surface area contributed by atoms with Crippen LogP contribution in [0.4, 0.5) is 0 Å². The number of carboxylic acids is 1. The van der Waals surface area contributed by atoms with Crippen molar-refractivity contribution in [3.8, 4) is 0 Å². The van der Waals surface area contributed by atoms with E-state index in [1.165, 1.54) is 0 Å². The lowest BCUT2D eigenvalue weighted by Gasteiger charge is -2.02. The van der Waals surface area contributed by atoms with Crippen LogP contribution in [0.25, 0.3) is 0 Å². The van der Waals surface area contributed by atoms with Crippen LogP contribution >= 0.6 is 0 Å². The Labute approximate surface area is 76.7 Å². The standard InChI is InChI=1S/C10H12O3/c11-9-4-2-1-3-8(7-9)5-6-10(12)13/h1-4,11H,5-7H2,(H,12,13). The van der Waals surface area contributed by atoms with E-state index >= 15 is 0 Å². The topological polar surface area (TPSA) is 57.5 Å². The SMILES string of the molecule is O=C(O)CCC1=CC=CC=C(O)C1. The molecule has 0 saturated heterocycles. The summed E-state index contributed by atoms with van der Waals surface area (Å²) in [5.74, 6) is -0.525. The molecule has 0 fully saturated rings. The Kier molecular flexibility index (Phi) is 3.31. The summed E-state index contributed by atoms with van der Waals surface area (Å²) in [7, 11) is 0. The van der Waals surface area contributed by atoms with Gasteiger partial charge in [0.2, 0.25) is 0 Å². The lowest BCUT2D eigenvalue weighted by molar-refractivity contribution is -0.136. The maximum atomic E-state index is 10.3. The molecule has 2 N–H and O–H groups in total. The predicted molar refractivity (Wildman–Crippen MR) is 49.4 cm³/mol. The molecule has 1 aliphatic carbocycles. The average Bonchev–Trinajstić information content (AvgIpc) is 2.26. The minimum atomic E-state index is -0.808. The van der Waals surface area contributed by atoms with Gasteiger partial charge in [0.05, 0.1) is 5.76 Å². The third kappa shape index (κ3) is 3.60. The van der Waals surface area contributed by atoms with Crippen molar-refractivity contribution < 1.29 is 15.0 Å². The number of hydrogen-bond donors (Lipinski definition) is 2. The van der Waals surface area contributed by atoms with E-state index in [1.807, 2.05) is 6.08 Å². The van der Waals surface area contributed by atoms with Crippen molar-refractivity contribution in [3.05, 3.63) is 35.6 Å². The van der Waals surface area contributed by atoms with Crippen LogP contribution in [0.1, 0.15) is 19.3 Å². The number of hydrogen-bond acceptors (Lipinski definition) is 2. The van der Waals surface area contributed by atoms with E-state index in [-0.39, 0.29) is 12.2 Å². The number of carbonyl (C=O) groups is 1. The predicted octanol–water partition coefficient (Wildman–Crippen LogP) is 2.18. The molecule has 0 unspecified atom stereocenters. The van der Waals surface area contributed by atoms with Gasteiger partial charge >= 0.3 is 5.97 Å². The Morgan fingerprint density at radius 1 is 1.38 bits per heavy atom. The zero-order chi connectivity index (χ0) is 9.68. The molecule has 70 valence electrons. The van der Waals surface area contributed by atoms with E-state index in [4.69, 9.17) is 5.11 Å². The van der Waals surface area contributed by atoms with Gasteiger partial charge < -0.3 is 10.2 Å². The summed E-state index contributed by atoms with van der Waals surface area (Å²) in [5, 5.41) is 17.7. The molecule has 0 heterocycles. The monoisotopic (exact) mass is 180 g/mol. The lowest BCUT2D eigenvalue weighted by atomic mass is 10.1. The fourth-order valence-electron chi connectivity index (χ4n) is 1.15. The first-order valence-electron chi connectivity index (χ1n) is 4.14. The number of allylic oxidation sites excluding steroid dienone is 5. The van der Waals surface area contributed by atoms with E-state index in [0.29, 0.717) is 12.8 Å². The summed E-state index contributed by atoms with van der Waals surface area (Å²) in [4.78, 5) is 10.3. The molecule has 13 heavy (non-hydrogen) atoms. The normalized spacial score (nSPS) is 16.0. The van der Waals surface area contributed by atoms with Gasteiger partial charge in [-0.25, -0.2) is 0 Å². The van der Waals surface area contributed by atoms with Crippen molar-refractivity contribution >= 4 is 5.97 Å². The second-order valence-corrected chi connectivity index (χ2v) is 2.94. The van der Waals surface area contributed by atoms with Gasteiger partial charge in [-0.3, -0.25) is 4.79 Å². The first-order chi connectivity index (χ1) is 6.18. The van der Waals surface area contributed by atoms with E-state index in [0.717, 1.165) is 5.57 Å². The molecule has 0 aromatic rings. The van der Waals surface area contributed by atoms with E-state index in [2.05, 4.69) is 0 Å². The molecule has 0 aromatic carbocycles. The summed E-state index contributed by atoms with van der Waals surface area (Å²) in [6, 6.07) is 0. The van der Waals surface area contributed by atoms with E-state index in [9.17, 15) is 9.90 Å². The highest BCUT2D eigenvalue weighted by Crippen LogP contribution is 2.17. The number of aliphatic carboxylic acids is 1. The van der Waals surface area contributed by atoms with Crippen LogP contribution in [0.2, 0.25) is 0 Å². The molecule has 0 aromatic heterocycles. The third-order valence-electron chi connectivity index (χ3n) is 1.80. The van der Waals surface area contributed by atoms with Crippen molar-refractivity contribution in [2.24, 2.45) is 0 Å². The Balaban J connectivity index is 2.51. The van der Waals surface area contributed by atoms with Gasteiger partial charge in [-0.2, -0.15) is 0 Å². The summed E-state index contributed by atoms with van der Waals surface area (Å²) >= 11 is 0. The van der Waals surface area contributed by atoms with Gasteiger partial charge in [0.15, 0.2) is 0 Å². The van der Waals surface area contributed by atoms with Crippen molar-refractivity contribution in [3.63, 3.8) is 0 Å². The average molecular weight is 180 g/mol. The van der Waals surface area contributed by atoms with Crippen molar-refractivity contribution in [1.82, 2.24) is 0 Å². The molecule has 0 aliphatic heterocycles. The number of aliphatic hydroxyl groups excluding tert-OH is 1. The number of aliphatic hydroxyl groups is 1. The summed E-state index contributed by atoms with van der Waals surface area (Å²) in [6.45, 7) is 0. The quantitative estimate of drug-likeness (QED) is 0.699. The van der Waals surface area contributed by atoms with Crippen LogP contribution in [0.15, 0.2) is 35.6 Å². The van der Waals surface area contributed by atoms with E-state index < -0.39 is 5.97 Å². The van der Waals surface area contributed by atoms with Crippen molar-refractivity contribution in [2.45, 2.75) is 19.3 Å². The number of rotatable bonds is 3. The fraction of sp³-hybridized carbons (Fsp3) is 0.300. The molecular weight excluding hydrogens is 168 g/mol. The Morgan fingerprint density at radius 3 is 2.77 bits per heavy atom. The van der Waals surface area contributed by atoms with Crippen LogP contribution in [0, 0.1) is 0 Å². The zero-order valence-electron chi connectivity index (χ0n) is 7.23. The van der Waals surface area contributed by atoms with Gasteiger partial charge in [0.25, 0.3) is 0 Å². The van der Waals surface area contributed by atoms with Gasteiger partial charge in [-0.1, -0.05) is 23.8 Å². The molecule has 0 atom stereocenters. The largest absolute Gasteiger partial charge is 0.512 e. The Hall–Kier alpha value is -1.51. The fourth-order valence-corrected chi connectivity index (χ4v) is 1.15.